The number of H-pyrrole nitrogens is 1. The van der Waals surface area contributed by atoms with Gasteiger partial charge in [-0.25, -0.2) is 0 Å². The molecule has 1 aromatic heterocycles. The fourth-order valence-electron chi connectivity index (χ4n) is 2.12. The van der Waals surface area contributed by atoms with Gasteiger partial charge in [0.05, 0.1) is 10.2 Å². The number of aromatic amines is 1. The largest absolute Gasteiger partial charge is 0.349 e. The van der Waals surface area contributed by atoms with Gasteiger partial charge in [-0.05, 0) is 47.5 Å². The van der Waals surface area contributed by atoms with Crippen molar-refractivity contribution >= 4 is 21.8 Å². The van der Waals surface area contributed by atoms with Crippen molar-refractivity contribution in [3.63, 3.8) is 0 Å². The average Bonchev–Trinajstić information content (AvgIpc) is 3.24. The molecule has 18 heavy (non-hydrogen) atoms. The molecule has 4 N–H and O–H groups in total. The van der Waals surface area contributed by atoms with Crippen molar-refractivity contribution in [2.45, 2.75) is 37.6 Å². The van der Waals surface area contributed by atoms with E-state index in [1.165, 1.54) is 25.7 Å². The number of nitrogens with zero attached hydrogens (tertiary/aromatic N) is 1. The van der Waals surface area contributed by atoms with Crippen LogP contribution in [0, 0.1) is 5.92 Å². The first kappa shape index (κ1) is 12.2. The van der Waals surface area contributed by atoms with Crippen LogP contribution >= 0.6 is 15.9 Å². The Morgan fingerprint density at radius 1 is 1.50 bits per heavy atom. The number of hydrogen-bond donors (Lipinski definition) is 3. The molecular weight excluding hydrogens is 296 g/mol. The molecule has 2 saturated carbocycles. The zero-order valence-corrected chi connectivity index (χ0v) is 11.7. The topological polar surface area (TPSA) is 83.8 Å². The summed E-state index contributed by atoms with van der Waals surface area (Å²) in [6, 6.07) is 0.0783. The molecule has 1 heterocycles. The van der Waals surface area contributed by atoms with Crippen LogP contribution in [0.3, 0.4) is 0 Å². The van der Waals surface area contributed by atoms with Gasteiger partial charge in [0.2, 0.25) is 0 Å². The molecule has 0 aliphatic heterocycles. The van der Waals surface area contributed by atoms with Crippen LogP contribution < -0.4 is 11.1 Å². The van der Waals surface area contributed by atoms with Gasteiger partial charge in [0.1, 0.15) is 0 Å². The maximum Gasteiger partial charge on any atom is 0.273 e. The Morgan fingerprint density at radius 2 is 2.22 bits per heavy atom. The lowest BCUT2D eigenvalue weighted by Gasteiger charge is -2.10. The number of rotatable bonds is 5. The van der Waals surface area contributed by atoms with Crippen LogP contribution in [0.15, 0.2) is 4.47 Å². The van der Waals surface area contributed by atoms with Crippen LogP contribution in [0.2, 0.25) is 0 Å². The standard InChI is InChI=1S/C12H17BrN4O/c13-9-10(7-3-4-7)16-17-11(9)12(18)15-5-8(14)6-1-2-6/h6-8H,1-5,14H2,(H,15,18)(H,16,17). The molecule has 98 valence electrons. The Balaban J connectivity index is 1.60. The average molecular weight is 313 g/mol. The predicted molar refractivity (Wildman–Crippen MR) is 71.3 cm³/mol. The van der Waals surface area contributed by atoms with Crippen LogP contribution in [-0.4, -0.2) is 28.7 Å². The molecule has 6 heteroatoms. The second-order valence-corrected chi connectivity index (χ2v) is 6.08. The zero-order valence-electron chi connectivity index (χ0n) is 10.1. The van der Waals surface area contributed by atoms with Gasteiger partial charge in [-0.1, -0.05) is 0 Å². The maximum atomic E-state index is 12.0. The van der Waals surface area contributed by atoms with Crippen molar-refractivity contribution in [3.8, 4) is 0 Å². The van der Waals surface area contributed by atoms with E-state index in [9.17, 15) is 4.79 Å². The van der Waals surface area contributed by atoms with Gasteiger partial charge in [0.25, 0.3) is 5.91 Å². The second-order valence-electron chi connectivity index (χ2n) is 5.29. The summed E-state index contributed by atoms with van der Waals surface area (Å²) in [5.41, 5.74) is 7.44. The summed E-state index contributed by atoms with van der Waals surface area (Å²) in [6.45, 7) is 0.529. The maximum absolute atomic E-state index is 12.0. The van der Waals surface area contributed by atoms with Crippen molar-refractivity contribution in [2.75, 3.05) is 6.54 Å². The summed E-state index contributed by atoms with van der Waals surface area (Å²) >= 11 is 3.45. The van der Waals surface area contributed by atoms with E-state index in [-0.39, 0.29) is 11.9 Å². The normalized spacial score (nSPS) is 20.8. The lowest BCUT2D eigenvalue weighted by atomic mass is 10.2. The van der Waals surface area contributed by atoms with Crippen LogP contribution in [0.5, 0.6) is 0 Å². The molecule has 1 unspecified atom stereocenters. The predicted octanol–water partition coefficient (Wildman–Crippen LogP) is 1.52. The molecule has 1 amide bonds. The van der Waals surface area contributed by atoms with Gasteiger partial charge in [-0.2, -0.15) is 5.10 Å². The summed E-state index contributed by atoms with van der Waals surface area (Å²) in [5.74, 6) is 0.984. The van der Waals surface area contributed by atoms with Gasteiger partial charge >= 0.3 is 0 Å². The molecule has 0 bridgehead atoms. The van der Waals surface area contributed by atoms with Crippen molar-refractivity contribution in [1.82, 2.24) is 15.5 Å². The van der Waals surface area contributed by atoms with Crippen LogP contribution in [0.4, 0.5) is 0 Å². The molecule has 2 aliphatic carbocycles. The molecule has 1 atom stereocenters. The van der Waals surface area contributed by atoms with Crippen molar-refractivity contribution in [2.24, 2.45) is 11.7 Å². The highest BCUT2D eigenvalue weighted by molar-refractivity contribution is 9.10. The molecule has 0 aromatic carbocycles. The molecule has 0 saturated heterocycles. The number of aromatic nitrogens is 2. The minimum atomic E-state index is -0.152. The Bertz CT molecular complexity index is 465. The van der Waals surface area contributed by atoms with Crippen LogP contribution in [-0.2, 0) is 0 Å². The third-order valence-electron chi connectivity index (χ3n) is 3.66. The number of nitrogens with one attached hydrogen (secondary N) is 2. The molecule has 2 aliphatic rings. The van der Waals surface area contributed by atoms with E-state index in [4.69, 9.17) is 5.73 Å². The number of nitrogens with two attached hydrogens (primary N) is 1. The lowest BCUT2D eigenvalue weighted by molar-refractivity contribution is 0.0944. The molecule has 0 spiro atoms. The Labute approximate surface area is 114 Å². The molecule has 0 radical (unpaired) electrons. The Morgan fingerprint density at radius 3 is 2.83 bits per heavy atom. The number of carbonyl (C=O) groups excluding carboxylic acids is 1. The van der Waals surface area contributed by atoms with Crippen LogP contribution in [0.25, 0.3) is 0 Å². The van der Waals surface area contributed by atoms with Gasteiger partial charge < -0.3 is 11.1 Å². The SMILES string of the molecule is NC(CNC(=O)c1n[nH]c(C2CC2)c1Br)C1CC1. The first-order valence-corrected chi connectivity index (χ1v) is 7.23. The fraction of sp³-hybridized carbons (Fsp3) is 0.667. The number of amides is 1. The number of halogens is 1. The smallest absolute Gasteiger partial charge is 0.273 e. The van der Waals surface area contributed by atoms with Crippen molar-refractivity contribution < 1.29 is 4.79 Å². The van der Waals surface area contributed by atoms with E-state index in [1.807, 2.05) is 0 Å². The Kier molecular flexibility index (Phi) is 3.15. The van der Waals surface area contributed by atoms with Gasteiger partial charge in [0.15, 0.2) is 5.69 Å². The highest BCUT2D eigenvalue weighted by Gasteiger charge is 2.31. The molecular formula is C12H17BrN4O. The first-order chi connectivity index (χ1) is 8.66. The van der Waals surface area contributed by atoms with Gasteiger partial charge in [-0.15, -0.1) is 0 Å². The monoisotopic (exact) mass is 312 g/mol. The van der Waals surface area contributed by atoms with E-state index in [0.29, 0.717) is 24.1 Å². The van der Waals surface area contributed by atoms with E-state index in [1.54, 1.807) is 0 Å². The van der Waals surface area contributed by atoms with Crippen molar-refractivity contribution in [1.29, 1.82) is 0 Å². The van der Waals surface area contributed by atoms with E-state index >= 15 is 0 Å². The zero-order chi connectivity index (χ0) is 12.7. The number of hydrogen-bond acceptors (Lipinski definition) is 3. The second kappa shape index (κ2) is 4.66. The van der Waals surface area contributed by atoms with Crippen molar-refractivity contribution in [3.05, 3.63) is 15.9 Å². The summed E-state index contributed by atoms with van der Waals surface area (Å²) in [4.78, 5) is 12.0. The minimum absolute atomic E-state index is 0.0783. The molecule has 1 aromatic rings. The highest BCUT2D eigenvalue weighted by Crippen LogP contribution is 2.42. The van der Waals surface area contributed by atoms with E-state index < -0.39 is 0 Å². The summed E-state index contributed by atoms with van der Waals surface area (Å²) in [5, 5.41) is 9.90. The summed E-state index contributed by atoms with van der Waals surface area (Å²) in [7, 11) is 0. The molecule has 3 rings (SSSR count). The lowest BCUT2D eigenvalue weighted by Crippen LogP contribution is -2.38. The minimum Gasteiger partial charge on any atom is -0.349 e. The van der Waals surface area contributed by atoms with E-state index in [2.05, 4.69) is 31.4 Å². The number of carbonyl (C=O) groups is 1. The van der Waals surface area contributed by atoms with E-state index in [0.717, 1.165) is 10.2 Å². The fourth-order valence-corrected chi connectivity index (χ4v) is 2.80. The third-order valence-corrected chi connectivity index (χ3v) is 4.46. The summed E-state index contributed by atoms with van der Waals surface area (Å²) in [6.07, 6.45) is 4.73. The quantitative estimate of drug-likeness (QED) is 0.770. The summed E-state index contributed by atoms with van der Waals surface area (Å²) < 4.78 is 0.808. The van der Waals surface area contributed by atoms with Gasteiger partial charge in [-0.3, -0.25) is 9.89 Å². The molecule has 2 fully saturated rings. The Hall–Kier alpha value is -0.880. The van der Waals surface area contributed by atoms with Gasteiger partial charge in [0, 0.05) is 18.5 Å². The third kappa shape index (κ3) is 2.44. The highest BCUT2D eigenvalue weighted by atomic mass is 79.9. The molecule has 5 nitrogen and oxygen atoms in total. The van der Waals surface area contributed by atoms with Crippen LogP contribution in [0.1, 0.15) is 47.8 Å². The first-order valence-electron chi connectivity index (χ1n) is 6.44.